The lowest BCUT2D eigenvalue weighted by atomic mass is 10.1. The molecule has 9 nitrogen and oxygen atoms in total. The Morgan fingerprint density at radius 1 is 1.27 bits per heavy atom. The molecule has 0 saturated carbocycles. The van der Waals surface area contributed by atoms with Crippen LogP contribution in [0.4, 0.5) is 0 Å². The number of hydrogen-bond acceptors (Lipinski definition) is 5. The summed E-state index contributed by atoms with van der Waals surface area (Å²) in [6.07, 6.45) is 2.56. The van der Waals surface area contributed by atoms with E-state index >= 15 is 0 Å². The monoisotopic (exact) mass is 357 g/mol. The molecule has 1 fully saturated rings. The van der Waals surface area contributed by atoms with E-state index in [1.54, 1.807) is 4.90 Å². The van der Waals surface area contributed by atoms with E-state index in [2.05, 4.69) is 15.6 Å². The maximum atomic E-state index is 12.4. The molecule has 2 amide bonds. The summed E-state index contributed by atoms with van der Waals surface area (Å²) in [7, 11) is 0. The smallest absolute Gasteiger partial charge is 0.358 e. The molecular formula is C17H19N5O4. The molecule has 0 bridgehead atoms. The Balaban J connectivity index is 1.68. The topological polar surface area (TPSA) is 117 Å². The Bertz CT molecular complexity index is 804. The van der Waals surface area contributed by atoms with Gasteiger partial charge in [0.25, 0.3) is 0 Å². The van der Waals surface area contributed by atoms with Gasteiger partial charge in [-0.2, -0.15) is 0 Å². The number of carbonyl (C=O) groups excluding carboxylic acids is 2. The number of aromatic carboxylic acids is 1. The molecule has 1 atom stereocenters. The van der Waals surface area contributed by atoms with Crippen molar-refractivity contribution in [1.82, 2.24) is 25.2 Å². The van der Waals surface area contributed by atoms with Crippen molar-refractivity contribution in [2.45, 2.75) is 25.4 Å². The Kier molecular flexibility index (Phi) is 5.26. The molecule has 0 aliphatic carbocycles. The maximum absolute atomic E-state index is 12.4. The molecule has 1 aliphatic heterocycles. The minimum absolute atomic E-state index is 0.0857. The van der Waals surface area contributed by atoms with Gasteiger partial charge in [-0.1, -0.05) is 35.5 Å². The summed E-state index contributed by atoms with van der Waals surface area (Å²) in [4.78, 5) is 36.9. The van der Waals surface area contributed by atoms with E-state index in [9.17, 15) is 14.4 Å². The van der Waals surface area contributed by atoms with Gasteiger partial charge in [-0.25, -0.2) is 9.48 Å². The number of benzene rings is 1. The summed E-state index contributed by atoms with van der Waals surface area (Å²) in [5.74, 6) is -1.46. The second-order valence-electron chi connectivity index (χ2n) is 6.08. The third-order valence-electron chi connectivity index (χ3n) is 4.17. The van der Waals surface area contributed by atoms with Gasteiger partial charge in [0, 0.05) is 19.5 Å². The van der Waals surface area contributed by atoms with Crippen LogP contribution >= 0.6 is 0 Å². The molecule has 9 heteroatoms. The number of likely N-dealkylation sites (tertiary alicyclic amines) is 1. The van der Waals surface area contributed by atoms with Gasteiger partial charge < -0.3 is 15.3 Å². The first-order valence-electron chi connectivity index (χ1n) is 8.28. The van der Waals surface area contributed by atoms with Crippen molar-refractivity contribution >= 4 is 17.8 Å². The lowest BCUT2D eigenvalue weighted by Gasteiger charge is -2.25. The highest BCUT2D eigenvalue weighted by Gasteiger charge is 2.25. The normalized spacial score (nSPS) is 15.1. The van der Waals surface area contributed by atoms with Crippen molar-refractivity contribution in [1.29, 1.82) is 0 Å². The molecule has 0 spiro atoms. The number of hydrogen-bond donors (Lipinski definition) is 2. The number of carboxylic acid groups (broad SMARTS) is 1. The van der Waals surface area contributed by atoms with Gasteiger partial charge in [-0.3, -0.25) is 9.59 Å². The fourth-order valence-electron chi connectivity index (χ4n) is 2.90. The number of carbonyl (C=O) groups is 3. The second-order valence-corrected chi connectivity index (χ2v) is 6.08. The average molecular weight is 357 g/mol. The predicted octanol–water partition coefficient (Wildman–Crippen LogP) is 0.456. The number of aromatic nitrogens is 3. The van der Waals surface area contributed by atoms with Crippen molar-refractivity contribution in [2.24, 2.45) is 0 Å². The van der Waals surface area contributed by atoms with Crippen LogP contribution in [-0.2, 0) is 16.1 Å². The van der Waals surface area contributed by atoms with Gasteiger partial charge in [0.05, 0.1) is 12.2 Å². The first kappa shape index (κ1) is 17.6. The van der Waals surface area contributed by atoms with E-state index in [4.69, 9.17) is 5.11 Å². The Morgan fingerprint density at radius 2 is 2.04 bits per heavy atom. The summed E-state index contributed by atoms with van der Waals surface area (Å²) in [6.45, 7) is 0.924. The van der Waals surface area contributed by atoms with Gasteiger partial charge in [0.15, 0.2) is 5.69 Å². The maximum Gasteiger partial charge on any atom is 0.358 e. The molecule has 0 radical (unpaired) electrons. The first-order valence-corrected chi connectivity index (χ1v) is 8.28. The Labute approximate surface area is 149 Å². The van der Waals surface area contributed by atoms with E-state index in [0.29, 0.717) is 19.5 Å². The molecule has 2 aromatic rings. The largest absolute Gasteiger partial charge is 0.476 e. The molecule has 2 N–H and O–H groups in total. The molecule has 3 rings (SSSR count). The van der Waals surface area contributed by atoms with E-state index in [-0.39, 0.29) is 30.1 Å². The molecule has 136 valence electrons. The van der Waals surface area contributed by atoms with Gasteiger partial charge >= 0.3 is 5.97 Å². The number of nitrogens with one attached hydrogen (secondary N) is 1. The lowest BCUT2D eigenvalue weighted by molar-refractivity contribution is -0.129. The summed E-state index contributed by atoms with van der Waals surface area (Å²) < 4.78 is 1.17. The van der Waals surface area contributed by atoms with Crippen LogP contribution in [0.25, 0.3) is 0 Å². The number of rotatable bonds is 7. The van der Waals surface area contributed by atoms with Gasteiger partial charge in [0.2, 0.25) is 11.8 Å². The first-order chi connectivity index (χ1) is 12.5. The minimum atomic E-state index is -1.20. The van der Waals surface area contributed by atoms with Crippen LogP contribution in [0.5, 0.6) is 0 Å². The van der Waals surface area contributed by atoms with Crippen LogP contribution in [0.2, 0.25) is 0 Å². The predicted molar refractivity (Wildman–Crippen MR) is 90.1 cm³/mol. The van der Waals surface area contributed by atoms with E-state index in [0.717, 1.165) is 12.0 Å². The number of nitrogens with zero attached hydrogens (tertiary/aromatic N) is 4. The van der Waals surface area contributed by atoms with Crippen molar-refractivity contribution in [3.63, 3.8) is 0 Å². The summed E-state index contributed by atoms with van der Waals surface area (Å²) in [5, 5.41) is 18.9. The molecule has 1 aromatic carbocycles. The third-order valence-corrected chi connectivity index (χ3v) is 4.17. The molecule has 1 unspecified atom stereocenters. The van der Waals surface area contributed by atoms with Crippen LogP contribution in [0.15, 0.2) is 36.5 Å². The highest BCUT2D eigenvalue weighted by atomic mass is 16.4. The van der Waals surface area contributed by atoms with Crippen molar-refractivity contribution < 1.29 is 19.5 Å². The molecule has 1 saturated heterocycles. The Hall–Kier alpha value is -3.23. The van der Waals surface area contributed by atoms with Crippen molar-refractivity contribution in [3.8, 4) is 0 Å². The molecule has 1 aromatic heterocycles. The third kappa shape index (κ3) is 4.24. The molecule has 2 heterocycles. The van der Waals surface area contributed by atoms with Gasteiger partial charge in [-0.15, -0.1) is 5.10 Å². The fourth-order valence-corrected chi connectivity index (χ4v) is 2.90. The van der Waals surface area contributed by atoms with Crippen molar-refractivity contribution in [3.05, 3.63) is 47.8 Å². The van der Waals surface area contributed by atoms with Crippen molar-refractivity contribution in [2.75, 3.05) is 13.1 Å². The highest BCUT2D eigenvalue weighted by molar-refractivity contribution is 5.85. The summed E-state index contributed by atoms with van der Waals surface area (Å²) >= 11 is 0. The van der Waals surface area contributed by atoms with E-state index in [1.807, 2.05) is 30.3 Å². The van der Waals surface area contributed by atoms with E-state index in [1.165, 1.54) is 10.9 Å². The fraction of sp³-hybridized carbons (Fsp3) is 0.353. The second kappa shape index (κ2) is 7.77. The molecular weight excluding hydrogens is 338 g/mol. The van der Waals surface area contributed by atoms with Crippen LogP contribution in [0, 0.1) is 0 Å². The number of carboxylic acids is 1. The van der Waals surface area contributed by atoms with Crippen LogP contribution in [-0.4, -0.2) is 55.9 Å². The molecule has 1 aliphatic rings. The zero-order chi connectivity index (χ0) is 18.5. The van der Waals surface area contributed by atoms with Crippen LogP contribution in [0.3, 0.4) is 0 Å². The van der Waals surface area contributed by atoms with E-state index < -0.39 is 5.97 Å². The quantitative estimate of drug-likeness (QED) is 0.743. The standard InChI is InChI=1S/C17H19N5O4/c23-15(11-22-10-14(17(25)26)19-20-22)18-13(12-5-2-1-3-6-12)9-21-8-4-7-16(21)24/h1-3,5-6,10,13H,4,7-9,11H2,(H,18,23)(H,25,26). The van der Waals surface area contributed by atoms with Crippen LogP contribution in [0.1, 0.15) is 34.9 Å². The summed E-state index contributed by atoms with van der Waals surface area (Å²) in [6, 6.07) is 9.06. The van der Waals surface area contributed by atoms with Gasteiger partial charge in [0.1, 0.15) is 6.54 Å². The zero-order valence-electron chi connectivity index (χ0n) is 14.0. The van der Waals surface area contributed by atoms with Gasteiger partial charge in [-0.05, 0) is 12.0 Å². The SMILES string of the molecule is O=C(Cn1cc(C(=O)O)nn1)NC(CN1CCCC1=O)c1ccccc1. The lowest BCUT2D eigenvalue weighted by Crippen LogP contribution is -2.39. The molecule has 26 heavy (non-hydrogen) atoms. The minimum Gasteiger partial charge on any atom is -0.476 e. The zero-order valence-corrected chi connectivity index (χ0v) is 14.0. The highest BCUT2D eigenvalue weighted by Crippen LogP contribution is 2.18. The van der Waals surface area contributed by atoms with Crippen LogP contribution < -0.4 is 5.32 Å². The average Bonchev–Trinajstić information content (AvgIpc) is 3.24. The summed E-state index contributed by atoms with van der Waals surface area (Å²) in [5.41, 5.74) is 0.672. The Morgan fingerprint density at radius 3 is 2.65 bits per heavy atom. The number of amides is 2.